The van der Waals surface area contributed by atoms with Crippen molar-refractivity contribution in [1.29, 1.82) is 0 Å². The zero-order valence-electron chi connectivity index (χ0n) is 23.3. The van der Waals surface area contributed by atoms with E-state index in [1.807, 2.05) is 35.4 Å². The molecule has 0 aliphatic carbocycles. The van der Waals surface area contributed by atoms with Crippen LogP contribution in [0.25, 0.3) is 10.9 Å². The van der Waals surface area contributed by atoms with Crippen molar-refractivity contribution in [3.05, 3.63) is 41.9 Å². The summed E-state index contributed by atoms with van der Waals surface area (Å²) in [6, 6.07) is 5.60. The summed E-state index contributed by atoms with van der Waals surface area (Å²) < 4.78 is 0. The van der Waals surface area contributed by atoms with Crippen molar-refractivity contribution in [3.63, 3.8) is 0 Å². The van der Waals surface area contributed by atoms with Crippen molar-refractivity contribution in [3.8, 4) is 0 Å². The number of tetrazole rings is 1. The number of nitrogens with zero attached hydrogens (tertiary/aromatic N) is 4. The lowest BCUT2D eigenvalue weighted by Crippen LogP contribution is -2.49. The number of aromatic nitrogens is 5. The van der Waals surface area contributed by atoms with E-state index in [1.165, 1.54) is 0 Å². The van der Waals surface area contributed by atoms with Crippen molar-refractivity contribution in [1.82, 2.24) is 46.5 Å². The van der Waals surface area contributed by atoms with E-state index in [9.17, 15) is 24.3 Å². The van der Waals surface area contributed by atoms with E-state index in [1.54, 1.807) is 0 Å². The number of aromatic amines is 2. The van der Waals surface area contributed by atoms with Crippen LogP contribution in [-0.2, 0) is 25.6 Å². The highest BCUT2D eigenvalue weighted by molar-refractivity contribution is 5.93. The largest absolute Gasteiger partial charge is 0.481 e. The zero-order valence-corrected chi connectivity index (χ0v) is 23.3. The summed E-state index contributed by atoms with van der Waals surface area (Å²) in [7, 11) is 0. The highest BCUT2D eigenvalue weighted by atomic mass is 16.4. The molecule has 14 nitrogen and oxygen atoms in total. The van der Waals surface area contributed by atoms with E-state index in [-0.39, 0.29) is 18.2 Å². The average molecular weight is 580 g/mol. The Kier molecular flexibility index (Phi) is 9.41. The van der Waals surface area contributed by atoms with Crippen LogP contribution in [0.5, 0.6) is 0 Å². The minimum atomic E-state index is -1.35. The van der Waals surface area contributed by atoms with Gasteiger partial charge < -0.3 is 30.9 Å². The number of rotatable bonds is 13. The molecule has 2 aliphatic rings. The van der Waals surface area contributed by atoms with Crippen LogP contribution in [0.15, 0.2) is 30.5 Å². The Morgan fingerprint density at radius 2 is 1.93 bits per heavy atom. The summed E-state index contributed by atoms with van der Waals surface area (Å²) in [5, 5.41) is 33.1. The highest BCUT2D eigenvalue weighted by Gasteiger charge is 2.35. The topological polar surface area (TPSA) is 198 Å². The molecule has 6 N–H and O–H groups in total. The van der Waals surface area contributed by atoms with Crippen molar-refractivity contribution in [2.75, 3.05) is 26.2 Å². The first-order valence-electron chi connectivity index (χ1n) is 14.5. The number of carbonyl (C=O) groups is 4. The number of likely N-dealkylation sites (tertiary alicyclic amines) is 1. The van der Waals surface area contributed by atoms with Gasteiger partial charge in [0.05, 0.1) is 12.5 Å². The molecule has 224 valence electrons. The highest BCUT2D eigenvalue weighted by Crippen LogP contribution is 2.25. The Bertz CT molecular complexity index is 1390. The first-order valence-corrected chi connectivity index (χ1v) is 14.5. The second-order valence-electron chi connectivity index (χ2n) is 11.1. The second-order valence-corrected chi connectivity index (χ2v) is 11.1. The summed E-state index contributed by atoms with van der Waals surface area (Å²) >= 11 is 0. The third-order valence-corrected chi connectivity index (χ3v) is 8.23. The van der Waals surface area contributed by atoms with Crippen molar-refractivity contribution < 1.29 is 24.3 Å². The minimum absolute atomic E-state index is 0.0609. The van der Waals surface area contributed by atoms with Crippen LogP contribution in [0.2, 0.25) is 0 Å². The maximum Gasteiger partial charge on any atom is 0.305 e. The van der Waals surface area contributed by atoms with Gasteiger partial charge >= 0.3 is 5.97 Å². The number of nitrogens with one attached hydrogen (secondary N) is 5. The van der Waals surface area contributed by atoms with Crippen LogP contribution < -0.4 is 16.0 Å². The number of aliphatic carboxylic acids is 1. The molecule has 3 amide bonds. The van der Waals surface area contributed by atoms with Crippen LogP contribution in [-0.4, -0.2) is 91.5 Å². The molecule has 2 fully saturated rings. The summed E-state index contributed by atoms with van der Waals surface area (Å²) in [6.07, 6.45) is 5.13. The van der Waals surface area contributed by atoms with Gasteiger partial charge in [0.1, 0.15) is 6.04 Å². The molecule has 42 heavy (non-hydrogen) atoms. The fraction of sp³-hybridized carbons (Fsp3) is 0.536. The number of H-pyrrole nitrogens is 2. The van der Waals surface area contributed by atoms with E-state index in [2.05, 4.69) is 41.6 Å². The monoisotopic (exact) mass is 579 g/mol. The molecule has 0 radical (unpaired) electrons. The normalized spacial score (nSPS) is 19.1. The van der Waals surface area contributed by atoms with Gasteiger partial charge in [0.25, 0.3) is 0 Å². The lowest BCUT2D eigenvalue weighted by Gasteiger charge is -2.25. The van der Waals surface area contributed by atoms with Crippen molar-refractivity contribution in [2.45, 2.75) is 57.0 Å². The summed E-state index contributed by atoms with van der Waals surface area (Å²) in [6.45, 7) is 3.29. The fourth-order valence-electron chi connectivity index (χ4n) is 5.90. The zero-order chi connectivity index (χ0) is 29.5. The molecular formula is C28H37N9O5. The maximum atomic E-state index is 13.3. The molecule has 0 saturated carbocycles. The van der Waals surface area contributed by atoms with E-state index in [4.69, 9.17) is 0 Å². The lowest BCUT2D eigenvalue weighted by molar-refractivity contribution is -0.141. The molecule has 3 aromatic rings. The van der Waals surface area contributed by atoms with Gasteiger partial charge in [-0.1, -0.05) is 23.4 Å². The number of benzene rings is 1. The van der Waals surface area contributed by atoms with Crippen molar-refractivity contribution in [2.24, 2.45) is 11.8 Å². The molecule has 14 heteroatoms. The molecule has 3 atom stereocenters. The Morgan fingerprint density at radius 3 is 2.69 bits per heavy atom. The lowest BCUT2D eigenvalue weighted by atomic mass is 9.94. The van der Waals surface area contributed by atoms with Gasteiger partial charge in [-0.3, -0.25) is 19.2 Å². The first kappa shape index (κ1) is 29.2. The van der Waals surface area contributed by atoms with Crippen LogP contribution in [0.1, 0.15) is 56.0 Å². The number of amides is 3. The number of para-hydroxylation sites is 1. The summed E-state index contributed by atoms with van der Waals surface area (Å²) in [4.78, 5) is 55.9. The van der Waals surface area contributed by atoms with Gasteiger partial charge in [0, 0.05) is 48.9 Å². The van der Waals surface area contributed by atoms with Gasteiger partial charge in [-0.15, -0.1) is 10.2 Å². The molecule has 2 aliphatic heterocycles. The number of hydrogen-bond acceptors (Lipinski definition) is 8. The average Bonchev–Trinajstić information content (AvgIpc) is 3.73. The Labute approximate surface area is 242 Å². The number of fused-ring (bicyclic) bond motifs is 1. The SMILES string of the molecule is O=C(O)CC(NC(=O)CC1CCN(CCC2CCNCC2)C1=O)C(=O)NC(Cc1c[nH]c2ccccc12)c1nn[nH]n1. The molecule has 2 saturated heterocycles. The molecular weight excluding hydrogens is 542 g/mol. The third kappa shape index (κ3) is 7.29. The van der Waals surface area contributed by atoms with Gasteiger partial charge in [-0.2, -0.15) is 5.21 Å². The molecule has 0 spiro atoms. The molecule has 5 rings (SSSR count). The van der Waals surface area contributed by atoms with Crippen LogP contribution in [0, 0.1) is 11.8 Å². The van der Waals surface area contributed by atoms with E-state index < -0.39 is 42.2 Å². The molecule has 3 unspecified atom stereocenters. The Balaban J connectivity index is 1.19. The van der Waals surface area contributed by atoms with Gasteiger partial charge in [0.15, 0.2) is 5.82 Å². The Hall–Kier alpha value is -4.33. The first-order chi connectivity index (χ1) is 20.4. The second kappa shape index (κ2) is 13.6. The summed E-state index contributed by atoms with van der Waals surface area (Å²) in [5.74, 6) is -2.21. The summed E-state index contributed by atoms with van der Waals surface area (Å²) in [5.41, 5.74) is 1.82. The molecule has 4 heterocycles. The Morgan fingerprint density at radius 1 is 1.12 bits per heavy atom. The van der Waals surface area contributed by atoms with Crippen LogP contribution in [0.3, 0.4) is 0 Å². The van der Waals surface area contributed by atoms with Crippen LogP contribution >= 0.6 is 0 Å². The quantitative estimate of drug-likeness (QED) is 0.168. The third-order valence-electron chi connectivity index (χ3n) is 8.23. The standard InChI is InChI=1S/C28H37N9O5/c38-24(14-18-8-12-37(28(18)42)11-7-17-5-9-29-10-6-17)31-23(15-25(39)40)27(41)32-22(26-33-35-36-34-26)13-19-16-30-21-4-2-1-3-20(19)21/h1-4,16-18,22-23,29-30H,5-15H2,(H,31,38)(H,32,41)(H,39,40)(H,33,34,35,36). The number of carboxylic acid groups (broad SMARTS) is 1. The molecule has 0 bridgehead atoms. The van der Waals surface area contributed by atoms with E-state index >= 15 is 0 Å². The predicted molar refractivity (Wildman–Crippen MR) is 151 cm³/mol. The fourth-order valence-corrected chi connectivity index (χ4v) is 5.90. The van der Waals surface area contributed by atoms with E-state index in [0.29, 0.717) is 31.8 Å². The van der Waals surface area contributed by atoms with Gasteiger partial charge in [-0.05, 0) is 56.3 Å². The number of carbonyl (C=O) groups excluding carboxylic acids is 3. The molecule has 2 aromatic heterocycles. The van der Waals surface area contributed by atoms with Gasteiger partial charge in [-0.25, -0.2) is 0 Å². The number of hydrogen-bond donors (Lipinski definition) is 6. The predicted octanol–water partition coefficient (Wildman–Crippen LogP) is 0.669. The number of piperidine rings is 1. The minimum Gasteiger partial charge on any atom is -0.481 e. The van der Waals surface area contributed by atoms with Crippen LogP contribution in [0.4, 0.5) is 0 Å². The number of carboxylic acids is 1. The smallest absolute Gasteiger partial charge is 0.305 e. The maximum absolute atomic E-state index is 13.3. The van der Waals surface area contributed by atoms with E-state index in [0.717, 1.165) is 48.8 Å². The van der Waals surface area contributed by atoms with Gasteiger partial charge in [0.2, 0.25) is 17.7 Å². The molecule has 1 aromatic carbocycles. The van der Waals surface area contributed by atoms with Crippen molar-refractivity contribution >= 4 is 34.6 Å².